The van der Waals surface area contributed by atoms with Crippen molar-refractivity contribution in [2.24, 2.45) is 0 Å². The van der Waals surface area contributed by atoms with Gasteiger partial charge in [-0.1, -0.05) is 0 Å². The van der Waals surface area contributed by atoms with Gasteiger partial charge in [0.25, 0.3) is 0 Å². The Balaban J connectivity index is -0.0000000800. The number of hydrogen-bond acceptors (Lipinski definition) is 0. The molecule has 0 aliphatic carbocycles. The quantitative estimate of drug-likeness (QED) is 0.429. The van der Waals surface area contributed by atoms with Crippen LogP contribution in [0.1, 0.15) is 19.8 Å². The maximum absolute atomic E-state index is 2.70. The molecule has 0 amide bonds. The van der Waals surface area contributed by atoms with E-state index in [1.807, 2.05) is 0 Å². The summed E-state index contributed by atoms with van der Waals surface area (Å²) in [5.74, 6) is 0. The van der Waals surface area contributed by atoms with Crippen molar-refractivity contribution >= 4 is 16.3 Å². The number of halogens is 2. The van der Waals surface area contributed by atoms with Crippen molar-refractivity contribution in [1.82, 2.24) is 0 Å². The summed E-state index contributed by atoms with van der Waals surface area (Å²) in [7, 11) is 0. The van der Waals surface area contributed by atoms with E-state index in [1.165, 1.54) is 18.1 Å². The van der Waals surface area contributed by atoms with Gasteiger partial charge in [0.2, 0.25) is 0 Å². The maximum Gasteiger partial charge on any atom is -1.00 e. The molecule has 0 aromatic heterocycles. The van der Waals surface area contributed by atoms with Crippen molar-refractivity contribution in [2.75, 3.05) is 0 Å². The third-order valence-corrected chi connectivity index (χ3v) is 0.966. The smallest absolute Gasteiger partial charge is 1.00 e. The Morgan fingerprint density at radius 2 is 1.71 bits per heavy atom. The summed E-state index contributed by atoms with van der Waals surface area (Å²) in [6.45, 7) is 2.20. The van der Waals surface area contributed by atoms with Gasteiger partial charge in [-0.15, -0.1) is 0 Å². The molecule has 0 rings (SSSR count). The van der Waals surface area contributed by atoms with Crippen LogP contribution in [-0.4, -0.2) is 16.3 Å². The normalized spacial score (nSPS) is 6.14. The molecule has 3 heteroatoms. The van der Waals surface area contributed by atoms with Crippen molar-refractivity contribution < 1.29 is 34.0 Å². The van der Waals surface area contributed by atoms with E-state index in [4.69, 9.17) is 0 Å². The van der Waals surface area contributed by atoms with Gasteiger partial charge >= 0.3 is 41.3 Å². The van der Waals surface area contributed by atoms with Crippen LogP contribution in [0, 0.1) is 0 Å². The summed E-state index contributed by atoms with van der Waals surface area (Å²) < 4.78 is 0. The van der Waals surface area contributed by atoms with Gasteiger partial charge in [0.15, 0.2) is 0 Å². The van der Waals surface area contributed by atoms with E-state index in [9.17, 15) is 0 Å². The monoisotopic (exact) mass is 242 g/mol. The fourth-order valence-corrected chi connectivity index (χ4v) is 0.612. The van der Waals surface area contributed by atoms with Crippen molar-refractivity contribution in [2.45, 2.75) is 25.0 Å². The zero-order valence-corrected chi connectivity index (χ0v) is 8.78. The molecule has 0 aliphatic heterocycles. The topological polar surface area (TPSA) is 0 Å². The second-order valence-corrected chi connectivity index (χ2v) is 1.72. The largest absolute Gasteiger partial charge is 1.00 e. The van der Waals surface area contributed by atoms with Gasteiger partial charge in [-0.25, -0.2) is 0 Å². The molecule has 0 aromatic rings. The van der Waals surface area contributed by atoms with Gasteiger partial charge in [0.05, 0.1) is 0 Å². The van der Waals surface area contributed by atoms with Crippen LogP contribution in [0.25, 0.3) is 0 Å². The molecule has 7 heavy (non-hydrogen) atoms. The van der Waals surface area contributed by atoms with Crippen molar-refractivity contribution in [1.29, 1.82) is 0 Å². The Bertz CT molecular complexity index is 17.2. The molecule has 0 N–H and O–H groups in total. The van der Waals surface area contributed by atoms with Gasteiger partial charge < -0.3 is 34.0 Å². The Morgan fingerprint density at radius 1 is 1.29 bits per heavy atom. The van der Waals surface area contributed by atoms with Crippen LogP contribution in [0.2, 0.25) is 5.28 Å². The summed E-state index contributed by atoms with van der Waals surface area (Å²) >= 11 is 2.70. The molecule has 0 nitrogen and oxygen atoms in total. The van der Waals surface area contributed by atoms with Crippen LogP contribution in [-0.2, 0) is 0 Å². The zero-order valence-electron chi connectivity index (χ0n) is 4.45. The minimum Gasteiger partial charge on any atom is -1.00 e. The first kappa shape index (κ1) is 15.8. The Kier molecular flexibility index (Phi) is 35.3. The van der Waals surface area contributed by atoms with E-state index in [-0.39, 0.29) is 34.0 Å². The van der Waals surface area contributed by atoms with Crippen LogP contribution in [0.5, 0.6) is 0 Å². The zero-order chi connectivity index (χ0) is 4.12. The molecule has 0 spiro atoms. The third-order valence-electron chi connectivity index (χ3n) is 0.558. The fourth-order valence-electron chi connectivity index (χ4n) is 0.204. The summed E-state index contributed by atoms with van der Waals surface area (Å²) in [5.41, 5.74) is 0. The molecule has 0 saturated heterocycles. The SMILES string of the molecule is CCC[CH2][Al+2].[Br-].[Br-]. The average molecular weight is 244 g/mol. The average Bonchev–Trinajstić information content (AvgIpc) is 1.41. The summed E-state index contributed by atoms with van der Waals surface area (Å²) in [6.07, 6.45) is 2.67. The van der Waals surface area contributed by atoms with Gasteiger partial charge in [-0.2, -0.15) is 0 Å². The van der Waals surface area contributed by atoms with E-state index in [0.29, 0.717) is 0 Å². The molecule has 0 unspecified atom stereocenters. The number of unbranched alkanes of at least 4 members (excludes halogenated alkanes) is 1. The minimum absolute atomic E-state index is 0. The maximum atomic E-state index is 2.70. The first-order valence-corrected chi connectivity index (χ1v) is 2.93. The first-order chi connectivity index (χ1) is 2.41. The molecule has 42 valence electrons. The van der Waals surface area contributed by atoms with Crippen LogP contribution in [0.3, 0.4) is 0 Å². The molecule has 0 atom stereocenters. The van der Waals surface area contributed by atoms with Gasteiger partial charge in [-0.05, 0) is 0 Å². The standard InChI is InChI=1S/C4H9.Al.2BrH/c1-3-4-2;;;/h1,3-4H2,2H3;;2*1H/q;+2;;/p-2. The first-order valence-electron chi connectivity index (χ1n) is 2.12. The molecule has 0 fully saturated rings. The second kappa shape index (κ2) is 15.6. The van der Waals surface area contributed by atoms with Crippen LogP contribution < -0.4 is 34.0 Å². The minimum atomic E-state index is 0. The number of hydrogen-bond donors (Lipinski definition) is 0. The molecular formula is C4H9AlBr2. The second-order valence-electron chi connectivity index (χ2n) is 1.14. The molecule has 0 bridgehead atoms. The van der Waals surface area contributed by atoms with Crippen molar-refractivity contribution in [3.8, 4) is 0 Å². The van der Waals surface area contributed by atoms with Crippen LogP contribution >= 0.6 is 0 Å². The van der Waals surface area contributed by atoms with E-state index < -0.39 is 0 Å². The fraction of sp³-hybridized carbons (Fsp3) is 1.00. The molecule has 0 radical (unpaired) electrons. The van der Waals surface area contributed by atoms with Gasteiger partial charge in [-0.3, -0.25) is 0 Å². The van der Waals surface area contributed by atoms with Crippen molar-refractivity contribution in [3.63, 3.8) is 0 Å². The Morgan fingerprint density at radius 3 is 1.71 bits per heavy atom. The molecule has 0 aromatic carbocycles. The summed E-state index contributed by atoms with van der Waals surface area (Å²) in [4.78, 5) is 0. The Hall–Kier alpha value is 1.49. The van der Waals surface area contributed by atoms with Crippen LogP contribution in [0.15, 0.2) is 0 Å². The van der Waals surface area contributed by atoms with Gasteiger partial charge in [0.1, 0.15) is 0 Å². The molecular weight excluding hydrogens is 235 g/mol. The summed E-state index contributed by atoms with van der Waals surface area (Å²) in [6, 6.07) is 0. The van der Waals surface area contributed by atoms with E-state index in [2.05, 4.69) is 23.2 Å². The van der Waals surface area contributed by atoms with E-state index in [1.54, 1.807) is 0 Å². The third kappa shape index (κ3) is 18.5. The predicted molar refractivity (Wildman–Crippen MR) is 25.5 cm³/mol. The molecule has 0 saturated carbocycles. The summed E-state index contributed by atoms with van der Waals surface area (Å²) in [5, 5.41) is 1.26. The van der Waals surface area contributed by atoms with Crippen LogP contribution in [0.4, 0.5) is 0 Å². The predicted octanol–water partition coefficient (Wildman–Crippen LogP) is -4.62. The van der Waals surface area contributed by atoms with Gasteiger partial charge in [0, 0.05) is 0 Å². The molecule has 0 aliphatic rings. The Labute approximate surface area is 75.0 Å². The van der Waals surface area contributed by atoms with Crippen molar-refractivity contribution in [3.05, 3.63) is 0 Å². The van der Waals surface area contributed by atoms with E-state index in [0.717, 1.165) is 0 Å². The number of rotatable bonds is 2. The van der Waals surface area contributed by atoms with E-state index >= 15 is 0 Å². The molecule has 0 heterocycles.